The minimum absolute atomic E-state index is 0.161. The van der Waals surface area contributed by atoms with E-state index in [-0.39, 0.29) is 5.56 Å². The van der Waals surface area contributed by atoms with Gasteiger partial charge in [-0.3, -0.25) is 0 Å². The first kappa shape index (κ1) is 11.0. The van der Waals surface area contributed by atoms with Crippen molar-refractivity contribution in [1.29, 1.82) is 0 Å². The molecule has 1 aromatic carbocycles. The van der Waals surface area contributed by atoms with Crippen LogP contribution in [0.2, 0.25) is 0 Å². The van der Waals surface area contributed by atoms with E-state index in [0.29, 0.717) is 0 Å². The van der Waals surface area contributed by atoms with Crippen molar-refractivity contribution < 1.29 is 17.6 Å². The van der Waals surface area contributed by atoms with Crippen molar-refractivity contribution in [2.45, 2.75) is 18.6 Å². The number of hydrogen-bond donors (Lipinski definition) is 1. The number of halogens is 4. The van der Waals surface area contributed by atoms with Gasteiger partial charge in [-0.15, -0.1) is 0 Å². The minimum atomic E-state index is -4.55. The van der Waals surface area contributed by atoms with Crippen LogP contribution in [-0.4, -0.2) is 6.18 Å². The maximum Gasteiger partial charge on any atom is 0.410 e. The number of hydrogen-bond acceptors (Lipinski definition) is 1. The van der Waals surface area contributed by atoms with Gasteiger partial charge < -0.3 is 5.73 Å². The second-order valence-electron chi connectivity index (χ2n) is 3.21. The molecule has 0 radical (unpaired) electrons. The summed E-state index contributed by atoms with van der Waals surface area (Å²) in [7, 11) is 0. The average Bonchev–Trinajstić information content (AvgIpc) is 2.03. The molecular weight excluding hydrogens is 198 g/mol. The molecule has 2 N–H and O–H groups in total. The molecule has 0 spiro atoms. The lowest BCUT2D eigenvalue weighted by molar-refractivity contribution is -0.184. The fourth-order valence-corrected chi connectivity index (χ4v) is 0.960. The highest BCUT2D eigenvalue weighted by atomic mass is 19.4. The molecule has 0 aliphatic carbocycles. The minimum Gasteiger partial charge on any atom is -0.314 e. The lowest BCUT2D eigenvalue weighted by Crippen LogP contribution is -2.47. The van der Waals surface area contributed by atoms with Gasteiger partial charge in [0.2, 0.25) is 0 Å². The third-order valence-corrected chi connectivity index (χ3v) is 2.03. The van der Waals surface area contributed by atoms with E-state index >= 15 is 0 Å². The van der Waals surface area contributed by atoms with Crippen LogP contribution in [0.15, 0.2) is 24.3 Å². The van der Waals surface area contributed by atoms with Crippen molar-refractivity contribution in [3.8, 4) is 0 Å². The van der Waals surface area contributed by atoms with Crippen LogP contribution in [0.5, 0.6) is 0 Å². The van der Waals surface area contributed by atoms with E-state index in [1.807, 2.05) is 0 Å². The molecule has 1 aromatic rings. The van der Waals surface area contributed by atoms with Crippen molar-refractivity contribution in [3.05, 3.63) is 35.6 Å². The van der Waals surface area contributed by atoms with Crippen LogP contribution in [0.25, 0.3) is 0 Å². The monoisotopic (exact) mass is 207 g/mol. The second-order valence-corrected chi connectivity index (χ2v) is 3.21. The normalized spacial score (nSPS) is 16.4. The molecule has 0 unspecified atom stereocenters. The fraction of sp³-hybridized carbons (Fsp3) is 0.333. The molecule has 0 amide bonds. The molecule has 0 saturated carbocycles. The summed E-state index contributed by atoms with van der Waals surface area (Å²) >= 11 is 0. The highest BCUT2D eigenvalue weighted by Crippen LogP contribution is 2.36. The smallest absolute Gasteiger partial charge is 0.314 e. The summed E-state index contributed by atoms with van der Waals surface area (Å²) in [5, 5.41) is 0. The number of alkyl halides is 3. The Morgan fingerprint density at radius 1 is 1.07 bits per heavy atom. The highest BCUT2D eigenvalue weighted by Gasteiger charge is 2.49. The maximum absolute atomic E-state index is 12.4. The zero-order chi connectivity index (χ0) is 11.0. The van der Waals surface area contributed by atoms with Crippen LogP contribution < -0.4 is 5.73 Å². The van der Waals surface area contributed by atoms with Crippen LogP contribution in [0.4, 0.5) is 17.6 Å². The van der Waals surface area contributed by atoms with Crippen molar-refractivity contribution in [3.63, 3.8) is 0 Å². The fourth-order valence-electron chi connectivity index (χ4n) is 0.960. The van der Waals surface area contributed by atoms with Gasteiger partial charge >= 0.3 is 6.18 Å². The largest absolute Gasteiger partial charge is 0.410 e. The molecule has 0 saturated heterocycles. The van der Waals surface area contributed by atoms with Gasteiger partial charge in [0.1, 0.15) is 11.4 Å². The molecule has 0 bridgehead atoms. The topological polar surface area (TPSA) is 26.0 Å². The lowest BCUT2D eigenvalue weighted by atomic mass is 9.93. The molecule has 1 atom stereocenters. The van der Waals surface area contributed by atoms with Gasteiger partial charge in [-0.2, -0.15) is 13.2 Å². The lowest BCUT2D eigenvalue weighted by Gasteiger charge is -2.27. The predicted molar refractivity (Wildman–Crippen MR) is 44.0 cm³/mol. The molecular formula is C9H9F4N. The van der Waals surface area contributed by atoms with Crippen molar-refractivity contribution >= 4 is 0 Å². The van der Waals surface area contributed by atoms with E-state index in [1.165, 1.54) is 0 Å². The van der Waals surface area contributed by atoms with Crippen LogP contribution in [0.1, 0.15) is 12.5 Å². The van der Waals surface area contributed by atoms with E-state index in [2.05, 4.69) is 0 Å². The van der Waals surface area contributed by atoms with E-state index in [1.54, 1.807) is 0 Å². The Morgan fingerprint density at radius 3 is 1.86 bits per heavy atom. The Labute approximate surface area is 78.5 Å². The zero-order valence-corrected chi connectivity index (χ0v) is 7.40. The van der Waals surface area contributed by atoms with E-state index in [4.69, 9.17) is 5.73 Å². The van der Waals surface area contributed by atoms with Gasteiger partial charge in [0.05, 0.1) is 0 Å². The van der Waals surface area contributed by atoms with Crippen molar-refractivity contribution in [2.24, 2.45) is 5.73 Å². The zero-order valence-electron chi connectivity index (χ0n) is 7.40. The van der Waals surface area contributed by atoms with Gasteiger partial charge in [0.25, 0.3) is 0 Å². The Balaban J connectivity index is 3.10. The molecule has 78 valence electrons. The van der Waals surface area contributed by atoms with Gasteiger partial charge in [-0.1, -0.05) is 12.1 Å². The number of benzene rings is 1. The summed E-state index contributed by atoms with van der Waals surface area (Å²) < 4.78 is 49.7. The molecule has 0 aliphatic rings. The van der Waals surface area contributed by atoms with Gasteiger partial charge in [0, 0.05) is 0 Å². The number of nitrogens with two attached hydrogens (primary N) is 1. The molecule has 1 nitrogen and oxygen atoms in total. The van der Waals surface area contributed by atoms with Crippen LogP contribution in [-0.2, 0) is 5.54 Å². The van der Waals surface area contributed by atoms with Gasteiger partial charge in [-0.25, -0.2) is 4.39 Å². The molecule has 5 heteroatoms. The van der Waals surface area contributed by atoms with Crippen LogP contribution >= 0.6 is 0 Å². The van der Waals surface area contributed by atoms with Crippen molar-refractivity contribution in [1.82, 2.24) is 0 Å². The summed E-state index contributed by atoms with van der Waals surface area (Å²) in [6.07, 6.45) is -4.55. The molecule has 0 fully saturated rings. The molecule has 1 rings (SSSR count). The Bertz CT molecular complexity index is 313. The van der Waals surface area contributed by atoms with E-state index in [0.717, 1.165) is 31.2 Å². The van der Waals surface area contributed by atoms with Crippen LogP contribution in [0.3, 0.4) is 0 Å². The standard InChI is InChI=1S/C9H9F4N/c1-8(14,9(11,12)13)6-2-4-7(10)5-3-6/h2-5H,14H2,1H3/t8-/m0/s1. The summed E-state index contributed by atoms with van der Waals surface area (Å²) in [4.78, 5) is 0. The Morgan fingerprint density at radius 2 is 1.50 bits per heavy atom. The summed E-state index contributed by atoms with van der Waals surface area (Å²) in [6, 6.07) is 3.96. The SMILES string of the molecule is C[C@](N)(c1ccc(F)cc1)C(F)(F)F. The summed E-state index contributed by atoms with van der Waals surface area (Å²) in [5.74, 6) is -0.591. The van der Waals surface area contributed by atoms with Crippen LogP contribution in [0, 0.1) is 5.82 Å². The quantitative estimate of drug-likeness (QED) is 0.703. The van der Waals surface area contributed by atoms with E-state index in [9.17, 15) is 17.6 Å². The number of rotatable bonds is 1. The highest BCUT2D eigenvalue weighted by molar-refractivity contribution is 5.25. The van der Waals surface area contributed by atoms with Crippen molar-refractivity contribution in [2.75, 3.05) is 0 Å². The third-order valence-electron chi connectivity index (χ3n) is 2.03. The first-order valence-electron chi connectivity index (χ1n) is 3.87. The molecule has 0 aromatic heterocycles. The average molecular weight is 207 g/mol. The molecule has 14 heavy (non-hydrogen) atoms. The van der Waals surface area contributed by atoms with Gasteiger partial charge in [0.15, 0.2) is 0 Å². The second kappa shape index (κ2) is 3.24. The Kier molecular flexibility index (Phi) is 2.54. The first-order chi connectivity index (χ1) is 6.25. The van der Waals surface area contributed by atoms with E-state index < -0.39 is 17.5 Å². The van der Waals surface area contributed by atoms with Gasteiger partial charge in [-0.05, 0) is 24.6 Å². The summed E-state index contributed by atoms with van der Waals surface area (Å²) in [6.45, 7) is 0.847. The predicted octanol–water partition coefficient (Wildman–Crippen LogP) is 2.56. The molecule has 0 aliphatic heterocycles. The maximum atomic E-state index is 12.4. The third kappa shape index (κ3) is 1.87. The Hall–Kier alpha value is -1.10. The summed E-state index contributed by atoms with van der Waals surface area (Å²) in [5.41, 5.74) is 2.51. The first-order valence-corrected chi connectivity index (χ1v) is 3.87. The molecule has 0 heterocycles.